The number of amides is 1. The van der Waals surface area contributed by atoms with E-state index in [1.165, 1.54) is 6.07 Å². The van der Waals surface area contributed by atoms with Gasteiger partial charge in [-0.3, -0.25) is 14.9 Å². The number of hydrogen-bond donors (Lipinski definition) is 1. The number of benzene rings is 1. The molecule has 1 heterocycles. The van der Waals surface area contributed by atoms with Gasteiger partial charge in [0.05, 0.1) is 9.95 Å². The molecule has 0 saturated carbocycles. The minimum Gasteiger partial charge on any atom is -0.351 e. The third-order valence-electron chi connectivity index (χ3n) is 2.84. The molecule has 9 heteroatoms. The maximum absolute atomic E-state index is 12.1. The Morgan fingerprint density at radius 1 is 1.43 bits per heavy atom. The lowest BCUT2D eigenvalue weighted by molar-refractivity contribution is -0.384. The molecule has 1 aromatic rings. The van der Waals surface area contributed by atoms with E-state index in [0.717, 1.165) is 23.3 Å². The molecule has 114 valence electrons. The van der Waals surface area contributed by atoms with Gasteiger partial charge in [0.25, 0.3) is 11.6 Å². The van der Waals surface area contributed by atoms with Gasteiger partial charge >= 0.3 is 0 Å². The zero-order valence-corrected chi connectivity index (χ0v) is 13.9. The van der Waals surface area contributed by atoms with Crippen molar-refractivity contribution in [1.29, 1.82) is 0 Å². The molecule has 0 aromatic heterocycles. The number of carbonyl (C=O) groups excluding carboxylic acids is 1. The number of nitro groups is 1. The van der Waals surface area contributed by atoms with Gasteiger partial charge in [-0.2, -0.15) is 23.5 Å². The maximum Gasteiger partial charge on any atom is 0.290 e. The van der Waals surface area contributed by atoms with E-state index in [1.807, 2.05) is 23.5 Å². The number of hydrogen-bond acceptors (Lipinski definition) is 5. The van der Waals surface area contributed by atoms with Gasteiger partial charge in [-0.25, -0.2) is 0 Å². The van der Waals surface area contributed by atoms with E-state index in [9.17, 15) is 14.9 Å². The second-order valence-electron chi connectivity index (χ2n) is 4.33. The fourth-order valence-corrected chi connectivity index (χ4v) is 4.81. The first-order valence-electron chi connectivity index (χ1n) is 6.10. The lowest BCUT2D eigenvalue weighted by Gasteiger charge is -2.21. The quantitative estimate of drug-likeness (QED) is 0.652. The summed E-state index contributed by atoms with van der Waals surface area (Å²) >= 11 is 15.3. The van der Waals surface area contributed by atoms with E-state index in [-0.39, 0.29) is 27.2 Å². The predicted molar refractivity (Wildman–Crippen MR) is 89.0 cm³/mol. The minimum absolute atomic E-state index is 0.00128. The van der Waals surface area contributed by atoms with Crippen molar-refractivity contribution in [2.24, 2.45) is 0 Å². The van der Waals surface area contributed by atoms with Crippen LogP contribution in [0.3, 0.4) is 0 Å². The van der Waals surface area contributed by atoms with Crippen LogP contribution in [0.1, 0.15) is 10.4 Å². The number of halogens is 2. The third kappa shape index (κ3) is 4.42. The highest BCUT2D eigenvalue weighted by Gasteiger charge is 2.21. The molecule has 1 unspecified atom stereocenters. The molecule has 1 N–H and O–H groups in total. The smallest absolute Gasteiger partial charge is 0.290 e. The second kappa shape index (κ2) is 7.58. The first-order valence-corrected chi connectivity index (χ1v) is 9.06. The molecule has 21 heavy (non-hydrogen) atoms. The van der Waals surface area contributed by atoms with Crippen molar-refractivity contribution in [2.75, 3.05) is 23.8 Å². The molecule has 5 nitrogen and oxygen atoms in total. The molecular formula is C12H12Cl2N2O3S2. The highest BCUT2D eigenvalue weighted by atomic mass is 35.5. The van der Waals surface area contributed by atoms with Crippen LogP contribution in [0.25, 0.3) is 0 Å². The number of nitrogens with zero attached hydrogens (tertiary/aromatic N) is 1. The fourth-order valence-electron chi connectivity index (χ4n) is 1.80. The Kier molecular flexibility index (Phi) is 6.04. The van der Waals surface area contributed by atoms with Gasteiger partial charge in [-0.05, 0) is 6.07 Å². The number of thioether (sulfide) groups is 2. The van der Waals surface area contributed by atoms with Gasteiger partial charge in [0.15, 0.2) is 0 Å². The lowest BCUT2D eigenvalue weighted by Crippen LogP contribution is -2.33. The maximum atomic E-state index is 12.1. The van der Waals surface area contributed by atoms with Gasteiger partial charge in [-0.1, -0.05) is 23.2 Å². The van der Waals surface area contributed by atoms with Crippen molar-refractivity contribution >= 4 is 58.3 Å². The van der Waals surface area contributed by atoms with Crippen LogP contribution in [0.4, 0.5) is 5.69 Å². The Balaban J connectivity index is 2.06. The molecule has 1 saturated heterocycles. The molecule has 0 spiro atoms. The second-order valence-corrected chi connectivity index (χ2v) is 7.67. The summed E-state index contributed by atoms with van der Waals surface area (Å²) in [5, 5.41) is 13.9. The normalized spacial score (nSPS) is 18.3. The van der Waals surface area contributed by atoms with Crippen molar-refractivity contribution in [3.63, 3.8) is 0 Å². The standard InChI is InChI=1S/C12H12Cl2N2O3S2/c13-9-3-7(4-10(11(9)14)16(18)19)12(17)15-5-8-6-20-1-2-21-8/h3-4,8H,1-2,5-6H2,(H,15,17). The van der Waals surface area contributed by atoms with Crippen LogP contribution in [0, 0.1) is 10.1 Å². The zero-order valence-electron chi connectivity index (χ0n) is 10.8. The van der Waals surface area contributed by atoms with E-state index in [2.05, 4.69) is 5.32 Å². The molecule has 2 rings (SSSR count). The highest BCUT2D eigenvalue weighted by Crippen LogP contribution is 2.33. The Bertz CT molecular complexity index is 566. The van der Waals surface area contributed by atoms with Crippen LogP contribution >= 0.6 is 46.7 Å². The molecule has 1 aliphatic heterocycles. The van der Waals surface area contributed by atoms with Crippen LogP contribution in [-0.2, 0) is 0 Å². The van der Waals surface area contributed by atoms with Gasteiger partial charge in [0.2, 0.25) is 0 Å². The summed E-state index contributed by atoms with van der Waals surface area (Å²) in [6, 6.07) is 2.49. The molecule has 1 aromatic carbocycles. The zero-order chi connectivity index (χ0) is 15.4. The fraction of sp³-hybridized carbons (Fsp3) is 0.417. The number of rotatable bonds is 4. The van der Waals surface area contributed by atoms with Gasteiger partial charge in [0.1, 0.15) is 5.02 Å². The van der Waals surface area contributed by atoms with Crippen molar-refractivity contribution < 1.29 is 9.72 Å². The summed E-state index contributed by atoms with van der Waals surface area (Å²) < 4.78 is 0. The van der Waals surface area contributed by atoms with Crippen LogP contribution in [0.2, 0.25) is 10.0 Å². The SMILES string of the molecule is O=C(NCC1CSCCS1)c1cc(Cl)c(Cl)c([N+](=O)[O-])c1. The van der Waals surface area contributed by atoms with Crippen molar-refractivity contribution in [3.8, 4) is 0 Å². The topological polar surface area (TPSA) is 72.2 Å². The predicted octanol–water partition coefficient (Wildman–Crippen LogP) is 3.48. The van der Waals surface area contributed by atoms with E-state index < -0.39 is 4.92 Å². The van der Waals surface area contributed by atoms with Gasteiger partial charge < -0.3 is 5.32 Å². The Morgan fingerprint density at radius 2 is 2.19 bits per heavy atom. The van der Waals surface area contributed by atoms with Crippen LogP contribution in [0.15, 0.2) is 12.1 Å². The molecule has 0 aliphatic carbocycles. The summed E-state index contributed by atoms with van der Waals surface area (Å²) in [4.78, 5) is 22.3. The van der Waals surface area contributed by atoms with Gasteiger partial charge in [0, 0.05) is 40.7 Å². The average molecular weight is 367 g/mol. The summed E-state index contributed by atoms with van der Waals surface area (Å²) in [6.07, 6.45) is 0. The lowest BCUT2D eigenvalue weighted by atomic mass is 10.2. The molecular weight excluding hydrogens is 355 g/mol. The molecule has 1 fully saturated rings. The largest absolute Gasteiger partial charge is 0.351 e. The molecule has 1 atom stereocenters. The summed E-state index contributed by atoms with van der Waals surface area (Å²) in [7, 11) is 0. The Labute approximate surface area is 140 Å². The molecule has 0 bridgehead atoms. The van der Waals surface area contributed by atoms with Crippen molar-refractivity contribution in [3.05, 3.63) is 37.9 Å². The first kappa shape index (κ1) is 16.7. The van der Waals surface area contributed by atoms with Crippen LogP contribution in [0.5, 0.6) is 0 Å². The Hall–Kier alpha value is -0.630. The summed E-state index contributed by atoms with van der Waals surface area (Å²) in [5.74, 6) is 2.82. The Morgan fingerprint density at radius 3 is 2.81 bits per heavy atom. The van der Waals surface area contributed by atoms with E-state index in [1.54, 1.807) is 0 Å². The summed E-state index contributed by atoms with van der Waals surface area (Å²) in [5.41, 5.74) is -0.221. The van der Waals surface area contributed by atoms with Crippen molar-refractivity contribution in [1.82, 2.24) is 5.32 Å². The van der Waals surface area contributed by atoms with Gasteiger partial charge in [-0.15, -0.1) is 0 Å². The van der Waals surface area contributed by atoms with E-state index in [4.69, 9.17) is 23.2 Å². The van der Waals surface area contributed by atoms with E-state index in [0.29, 0.717) is 11.8 Å². The van der Waals surface area contributed by atoms with Crippen LogP contribution < -0.4 is 5.32 Å². The minimum atomic E-state index is -0.654. The third-order valence-corrected chi connectivity index (χ3v) is 6.48. The number of carbonyl (C=O) groups is 1. The average Bonchev–Trinajstić information content (AvgIpc) is 2.48. The van der Waals surface area contributed by atoms with Crippen LogP contribution in [-0.4, -0.2) is 39.9 Å². The highest BCUT2D eigenvalue weighted by molar-refractivity contribution is 8.06. The van der Waals surface area contributed by atoms with E-state index >= 15 is 0 Å². The van der Waals surface area contributed by atoms with Crippen molar-refractivity contribution in [2.45, 2.75) is 5.25 Å². The number of nitrogens with one attached hydrogen (secondary N) is 1. The molecule has 1 amide bonds. The molecule has 1 aliphatic rings. The number of nitro benzene ring substituents is 1. The molecule has 0 radical (unpaired) electrons. The first-order chi connectivity index (χ1) is 9.99. The monoisotopic (exact) mass is 366 g/mol. The summed E-state index contributed by atoms with van der Waals surface area (Å²) in [6.45, 7) is 0.532.